The van der Waals surface area contributed by atoms with Gasteiger partial charge in [0.15, 0.2) is 0 Å². The van der Waals surface area contributed by atoms with E-state index in [4.69, 9.17) is 0 Å². The molecule has 0 bridgehead atoms. The first-order valence-electron chi connectivity index (χ1n) is 5.09. The molecule has 1 aromatic heterocycles. The maximum atomic E-state index is 10.8. The van der Waals surface area contributed by atoms with E-state index in [1.807, 2.05) is 24.9 Å². The van der Waals surface area contributed by atoms with Gasteiger partial charge in [0.05, 0.1) is 5.69 Å². The van der Waals surface area contributed by atoms with E-state index in [-0.39, 0.29) is 0 Å². The lowest BCUT2D eigenvalue weighted by Gasteiger charge is -2.02. The summed E-state index contributed by atoms with van der Waals surface area (Å²) in [6.07, 6.45) is 4.73. The minimum Gasteiger partial charge on any atom is -0.313 e. The third-order valence-electron chi connectivity index (χ3n) is 2.22. The molecule has 0 spiro atoms. The van der Waals surface area contributed by atoms with Crippen LogP contribution in [-0.4, -0.2) is 32.5 Å². The van der Waals surface area contributed by atoms with Gasteiger partial charge in [-0.25, -0.2) is 0 Å². The second-order valence-corrected chi connectivity index (χ2v) is 5.28. The standard InChI is InChI=1S/C10H19N3OS/c1-9-10(8-13(2)12-9)7-11-5-4-6-15(3)14/h8,11H,4-7H2,1-3H3. The zero-order chi connectivity index (χ0) is 11.3. The summed E-state index contributed by atoms with van der Waals surface area (Å²) in [5, 5.41) is 7.59. The number of aryl methyl sites for hydroxylation is 2. The fourth-order valence-corrected chi connectivity index (χ4v) is 2.00. The fourth-order valence-electron chi connectivity index (χ4n) is 1.45. The molecule has 1 heterocycles. The van der Waals surface area contributed by atoms with Crippen molar-refractivity contribution in [2.45, 2.75) is 19.9 Å². The average Bonchev–Trinajstić information content (AvgIpc) is 2.44. The third-order valence-corrected chi connectivity index (χ3v) is 3.08. The van der Waals surface area contributed by atoms with Crippen LogP contribution in [0.2, 0.25) is 0 Å². The van der Waals surface area contributed by atoms with Gasteiger partial charge in [-0.1, -0.05) is 0 Å². The fraction of sp³-hybridized carbons (Fsp3) is 0.700. The van der Waals surface area contributed by atoms with Gasteiger partial charge in [0.2, 0.25) is 0 Å². The summed E-state index contributed by atoms with van der Waals surface area (Å²) < 4.78 is 12.6. The highest BCUT2D eigenvalue weighted by Crippen LogP contribution is 2.03. The Balaban J connectivity index is 2.20. The van der Waals surface area contributed by atoms with Crippen molar-refractivity contribution in [1.82, 2.24) is 15.1 Å². The predicted molar refractivity (Wildman–Crippen MR) is 63.2 cm³/mol. The van der Waals surface area contributed by atoms with E-state index >= 15 is 0 Å². The highest BCUT2D eigenvalue weighted by molar-refractivity contribution is 7.84. The number of nitrogens with one attached hydrogen (secondary N) is 1. The number of hydrogen-bond acceptors (Lipinski definition) is 3. The van der Waals surface area contributed by atoms with Crippen molar-refractivity contribution in [3.8, 4) is 0 Å². The van der Waals surface area contributed by atoms with Gasteiger partial charge in [-0.2, -0.15) is 5.10 Å². The summed E-state index contributed by atoms with van der Waals surface area (Å²) in [5.74, 6) is 0.777. The SMILES string of the molecule is Cc1nn(C)cc1CNCCCS(C)=O. The van der Waals surface area contributed by atoms with Gasteiger partial charge in [0, 0.05) is 48.2 Å². The molecule has 0 aromatic carbocycles. The molecule has 1 N–H and O–H groups in total. The van der Waals surface area contributed by atoms with E-state index in [2.05, 4.69) is 10.4 Å². The Kier molecular flexibility index (Phi) is 4.98. The molecular weight excluding hydrogens is 210 g/mol. The maximum absolute atomic E-state index is 10.8. The first kappa shape index (κ1) is 12.4. The summed E-state index contributed by atoms with van der Waals surface area (Å²) in [4.78, 5) is 0. The van der Waals surface area contributed by atoms with E-state index < -0.39 is 10.8 Å². The van der Waals surface area contributed by atoms with Crippen molar-refractivity contribution in [3.05, 3.63) is 17.5 Å². The second-order valence-electron chi connectivity index (χ2n) is 3.72. The van der Waals surface area contributed by atoms with Crippen LogP contribution in [0.1, 0.15) is 17.7 Å². The lowest BCUT2D eigenvalue weighted by Crippen LogP contribution is -2.16. The van der Waals surface area contributed by atoms with Gasteiger partial charge < -0.3 is 5.32 Å². The van der Waals surface area contributed by atoms with Gasteiger partial charge in [0.25, 0.3) is 0 Å². The van der Waals surface area contributed by atoms with Gasteiger partial charge in [-0.15, -0.1) is 0 Å². The molecule has 4 nitrogen and oxygen atoms in total. The average molecular weight is 229 g/mol. The molecule has 0 fully saturated rings. The monoisotopic (exact) mass is 229 g/mol. The largest absolute Gasteiger partial charge is 0.313 e. The Bertz CT molecular complexity index is 335. The molecule has 1 rings (SSSR count). The van der Waals surface area contributed by atoms with Crippen LogP contribution in [0.5, 0.6) is 0 Å². The Morgan fingerprint density at radius 3 is 2.87 bits per heavy atom. The van der Waals surface area contributed by atoms with Crippen molar-refractivity contribution in [2.24, 2.45) is 7.05 Å². The van der Waals surface area contributed by atoms with Gasteiger partial charge in [0.1, 0.15) is 0 Å². The molecule has 0 saturated heterocycles. The Labute approximate surface area is 93.5 Å². The lowest BCUT2D eigenvalue weighted by molar-refractivity contribution is 0.660. The van der Waals surface area contributed by atoms with Crippen molar-refractivity contribution in [3.63, 3.8) is 0 Å². The number of rotatable bonds is 6. The number of nitrogens with zero attached hydrogens (tertiary/aromatic N) is 2. The van der Waals surface area contributed by atoms with Crippen molar-refractivity contribution in [1.29, 1.82) is 0 Å². The van der Waals surface area contributed by atoms with E-state index in [1.54, 1.807) is 6.26 Å². The smallest absolute Gasteiger partial charge is 0.0638 e. The molecule has 0 saturated carbocycles. The number of hydrogen-bond donors (Lipinski definition) is 1. The molecule has 5 heteroatoms. The molecule has 0 aliphatic carbocycles. The van der Waals surface area contributed by atoms with Gasteiger partial charge in [-0.05, 0) is 19.9 Å². The van der Waals surface area contributed by atoms with Crippen LogP contribution in [0.3, 0.4) is 0 Å². The predicted octanol–water partition coefficient (Wildman–Crippen LogP) is 0.587. The van der Waals surface area contributed by atoms with Gasteiger partial charge in [-0.3, -0.25) is 8.89 Å². The van der Waals surface area contributed by atoms with Crippen LogP contribution < -0.4 is 5.32 Å². The van der Waals surface area contributed by atoms with Crippen LogP contribution in [0.15, 0.2) is 6.20 Å². The van der Waals surface area contributed by atoms with Gasteiger partial charge >= 0.3 is 0 Å². The molecule has 0 aliphatic heterocycles. The van der Waals surface area contributed by atoms with Crippen LogP contribution in [-0.2, 0) is 24.4 Å². The Hall–Kier alpha value is -0.680. The molecule has 15 heavy (non-hydrogen) atoms. The highest BCUT2D eigenvalue weighted by atomic mass is 32.2. The first-order chi connectivity index (χ1) is 7.09. The van der Waals surface area contributed by atoms with E-state index in [1.165, 1.54) is 5.56 Å². The summed E-state index contributed by atoms with van der Waals surface area (Å²) in [5.41, 5.74) is 2.30. The van der Waals surface area contributed by atoms with Crippen LogP contribution in [0, 0.1) is 6.92 Å². The molecule has 86 valence electrons. The van der Waals surface area contributed by atoms with Crippen molar-refractivity contribution >= 4 is 10.8 Å². The minimum absolute atomic E-state index is 0.670. The Morgan fingerprint density at radius 1 is 1.60 bits per heavy atom. The third kappa shape index (κ3) is 4.57. The molecule has 1 unspecified atom stereocenters. The normalized spacial score (nSPS) is 13.0. The lowest BCUT2D eigenvalue weighted by atomic mass is 10.2. The van der Waals surface area contributed by atoms with Crippen molar-refractivity contribution < 1.29 is 4.21 Å². The number of aromatic nitrogens is 2. The summed E-state index contributed by atoms with van der Waals surface area (Å²) in [6.45, 7) is 3.77. The summed E-state index contributed by atoms with van der Waals surface area (Å²) in [7, 11) is 1.26. The molecular formula is C10H19N3OS. The van der Waals surface area contributed by atoms with E-state index in [0.717, 1.165) is 31.0 Å². The van der Waals surface area contributed by atoms with Crippen LogP contribution in [0.4, 0.5) is 0 Å². The minimum atomic E-state index is -0.670. The molecule has 1 atom stereocenters. The van der Waals surface area contributed by atoms with Crippen LogP contribution >= 0.6 is 0 Å². The van der Waals surface area contributed by atoms with E-state index in [9.17, 15) is 4.21 Å². The highest BCUT2D eigenvalue weighted by Gasteiger charge is 2.01. The summed E-state index contributed by atoms with van der Waals surface area (Å²) >= 11 is 0. The first-order valence-corrected chi connectivity index (χ1v) is 6.82. The zero-order valence-corrected chi connectivity index (χ0v) is 10.4. The molecule has 1 aromatic rings. The maximum Gasteiger partial charge on any atom is 0.0638 e. The molecule has 0 radical (unpaired) electrons. The van der Waals surface area contributed by atoms with Crippen LogP contribution in [0.25, 0.3) is 0 Å². The quantitative estimate of drug-likeness (QED) is 0.726. The Morgan fingerprint density at radius 2 is 2.33 bits per heavy atom. The topological polar surface area (TPSA) is 46.9 Å². The van der Waals surface area contributed by atoms with Crippen molar-refractivity contribution in [2.75, 3.05) is 18.6 Å². The zero-order valence-electron chi connectivity index (χ0n) is 9.62. The van der Waals surface area contributed by atoms with E-state index in [0.29, 0.717) is 0 Å². The second kappa shape index (κ2) is 6.02. The molecule has 0 amide bonds. The molecule has 0 aliphatic rings. The summed E-state index contributed by atoms with van der Waals surface area (Å²) in [6, 6.07) is 0.